The maximum atomic E-state index is 13.2. The second-order valence-electron chi connectivity index (χ2n) is 7.23. The van der Waals surface area contributed by atoms with Gasteiger partial charge in [0, 0.05) is 5.02 Å². The summed E-state index contributed by atoms with van der Waals surface area (Å²) in [6, 6.07) is 13.9. The van der Waals surface area contributed by atoms with Gasteiger partial charge in [-0.15, -0.1) is 11.3 Å². The van der Waals surface area contributed by atoms with Gasteiger partial charge in [-0.1, -0.05) is 41.9 Å². The van der Waals surface area contributed by atoms with Gasteiger partial charge in [0.1, 0.15) is 4.83 Å². The molecule has 0 unspecified atom stereocenters. The molecule has 0 aliphatic heterocycles. The van der Waals surface area contributed by atoms with Crippen LogP contribution in [-0.4, -0.2) is 28.0 Å². The number of fused-ring (bicyclic) bond motifs is 1. The van der Waals surface area contributed by atoms with E-state index in [0.717, 1.165) is 16.9 Å². The highest BCUT2D eigenvalue weighted by Crippen LogP contribution is 2.28. The largest absolute Gasteiger partial charge is 0.462 e. The molecular weight excluding hydrogens is 462 g/mol. The molecule has 4 rings (SSSR count). The molecule has 7 nitrogen and oxygen atoms in total. The number of hydrogen-bond donors (Lipinski definition) is 1. The third kappa shape index (κ3) is 4.53. The molecule has 168 valence electrons. The number of amides is 1. The van der Waals surface area contributed by atoms with Gasteiger partial charge in [-0.2, -0.15) is 0 Å². The molecule has 0 spiro atoms. The molecule has 2 aromatic carbocycles. The lowest BCUT2D eigenvalue weighted by Gasteiger charge is -2.10. The third-order valence-electron chi connectivity index (χ3n) is 5.09. The zero-order valence-corrected chi connectivity index (χ0v) is 19.5. The van der Waals surface area contributed by atoms with E-state index in [1.165, 1.54) is 10.9 Å². The Morgan fingerprint density at radius 2 is 1.88 bits per heavy atom. The molecule has 2 heterocycles. The van der Waals surface area contributed by atoms with Crippen LogP contribution in [0.4, 0.5) is 5.69 Å². The van der Waals surface area contributed by atoms with Crippen molar-refractivity contribution < 1.29 is 14.3 Å². The lowest BCUT2D eigenvalue weighted by molar-refractivity contribution is 0.0527. The van der Waals surface area contributed by atoms with Gasteiger partial charge in [-0.25, -0.2) is 9.78 Å². The minimum absolute atomic E-state index is 0.225. The summed E-state index contributed by atoms with van der Waals surface area (Å²) < 4.78 is 6.54. The maximum Gasteiger partial charge on any atom is 0.340 e. The van der Waals surface area contributed by atoms with E-state index >= 15 is 0 Å². The molecule has 0 atom stereocenters. The van der Waals surface area contributed by atoms with Gasteiger partial charge in [-0.3, -0.25) is 14.2 Å². The summed E-state index contributed by atoms with van der Waals surface area (Å²) in [7, 11) is 0. The average molecular weight is 482 g/mol. The van der Waals surface area contributed by atoms with Crippen LogP contribution in [0.1, 0.15) is 38.1 Å². The predicted octanol–water partition coefficient (Wildman–Crippen LogP) is 4.90. The average Bonchev–Trinajstić information content (AvgIpc) is 3.15. The van der Waals surface area contributed by atoms with Crippen LogP contribution >= 0.6 is 22.9 Å². The van der Waals surface area contributed by atoms with Gasteiger partial charge in [0.2, 0.25) is 0 Å². The number of benzene rings is 2. The van der Waals surface area contributed by atoms with E-state index in [9.17, 15) is 14.4 Å². The van der Waals surface area contributed by atoms with Gasteiger partial charge in [0.05, 0.1) is 41.0 Å². The van der Waals surface area contributed by atoms with Crippen LogP contribution in [-0.2, 0) is 11.3 Å². The Kier molecular flexibility index (Phi) is 6.57. The van der Waals surface area contributed by atoms with E-state index in [4.69, 9.17) is 16.3 Å². The van der Waals surface area contributed by atoms with Gasteiger partial charge in [-0.05, 0) is 43.2 Å². The highest BCUT2D eigenvalue weighted by atomic mass is 35.5. The van der Waals surface area contributed by atoms with Gasteiger partial charge < -0.3 is 10.1 Å². The zero-order chi connectivity index (χ0) is 23.5. The van der Waals surface area contributed by atoms with E-state index in [0.29, 0.717) is 31.4 Å². The molecule has 4 aromatic rings. The summed E-state index contributed by atoms with van der Waals surface area (Å²) in [5.41, 5.74) is 1.67. The molecule has 33 heavy (non-hydrogen) atoms. The Morgan fingerprint density at radius 1 is 1.15 bits per heavy atom. The Hall–Kier alpha value is -3.49. The van der Waals surface area contributed by atoms with Gasteiger partial charge in [0.25, 0.3) is 11.5 Å². The minimum Gasteiger partial charge on any atom is -0.462 e. The number of rotatable bonds is 6. The number of halogens is 1. The monoisotopic (exact) mass is 481 g/mol. The topological polar surface area (TPSA) is 90.3 Å². The number of nitrogens with one attached hydrogen (secondary N) is 1. The normalized spacial score (nSPS) is 10.9. The first-order valence-electron chi connectivity index (χ1n) is 10.2. The summed E-state index contributed by atoms with van der Waals surface area (Å²) in [6.07, 6.45) is 1.46. The Bertz CT molecular complexity index is 1430. The van der Waals surface area contributed by atoms with Crippen LogP contribution in [0, 0.1) is 6.92 Å². The fraction of sp³-hybridized carbons (Fsp3) is 0.167. The first-order valence-corrected chi connectivity index (χ1v) is 11.4. The van der Waals surface area contributed by atoms with Crippen molar-refractivity contribution >= 4 is 50.7 Å². The van der Waals surface area contributed by atoms with Gasteiger partial charge >= 0.3 is 5.97 Å². The summed E-state index contributed by atoms with van der Waals surface area (Å²) in [6.45, 7) is 3.92. The number of aryl methyl sites for hydroxylation is 1. The molecule has 0 bridgehead atoms. The van der Waals surface area contributed by atoms with Gasteiger partial charge in [0.15, 0.2) is 0 Å². The molecule has 9 heteroatoms. The number of thiophene rings is 1. The van der Waals surface area contributed by atoms with Crippen molar-refractivity contribution in [2.24, 2.45) is 0 Å². The molecule has 0 radical (unpaired) electrons. The third-order valence-corrected chi connectivity index (χ3v) is 6.66. The van der Waals surface area contributed by atoms with Crippen molar-refractivity contribution in [3.8, 4) is 0 Å². The number of nitrogens with zero attached hydrogens (tertiary/aromatic N) is 2. The number of carbonyl (C=O) groups excluding carboxylic acids is 2. The smallest absolute Gasteiger partial charge is 0.340 e. The van der Waals surface area contributed by atoms with Crippen molar-refractivity contribution in [2.75, 3.05) is 11.9 Å². The predicted molar refractivity (Wildman–Crippen MR) is 130 cm³/mol. The quantitative estimate of drug-likeness (QED) is 0.396. The number of carbonyl (C=O) groups is 2. The second kappa shape index (κ2) is 9.56. The fourth-order valence-electron chi connectivity index (χ4n) is 3.46. The van der Waals surface area contributed by atoms with E-state index in [1.807, 2.05) is 18.2 Å². The van der Waals surface area contributed by atoms with Crippen LogP contribution in [0.25, 0.3) is 10.2 Å². The summed E-state index contributed by atoms with van der Waals surface area (Å²) in [5.74, 6) is -0.949. The first kappa shape index (κ1) is 22.7. The standard InChI is InChI=1S/C24H20ClN3O4S/c1-3-32-24(31)16-9-5-7-11-18(16)27-21(29)20-14(2)19-22(33-20)26-13-28(23(19)30)12-15-8-4-6-10-17(15)25/h4-11,13H,3,12H2,1-2H3,(H,27,29). The van der Waals surface area contributed by atoms with Crippen LogP contribution in [0.5, 0.6) is 0 Å². The molecule has 0 saturated carbocycles. The summed E-state index contributed by atoms with van der Waals surface area (Å²) >= 11 is 7.36. The minimum atomic E-state index is -0.523. The number of hydrogen-bond acceptors (Lipinski definition) is 6. The summed E-state index contributed by atoms with van der Waals surface area (Å²) in [4.78, 5) is 43.7. The van der Waals surface area contributed by atoms with Crippen molar-refractivity contribution in [1.82, 2.24) is 9.55 Å². The van der Waals surface area contributed by atoms with Crippen LogP contribution < -0.4 is 10.9 Å². The summed E-state index contributed by atoms with van der Waals surface area (Å²) in [5, 5.41) is 3.72. The molecule has 2 aromatic heterocycles. The Labute approximate surface area is 198 Å². The van der Waals surface area contributed by atoms with Crippen molar-refractivity contribution in [3.63, 3.8) is 0 Å². The van der Waals surface area contributed by atoms with E-state index in [1.54, 1.807) is 44.2 Å². The van der Waals surface area contributed by atoms with E-state index in [-0.39, 0.29) is 24.3 Å². The number of para-hydroxylation sites is 1. The highest BCUT2D eigenvalue weighted by Gasteiger charge is 2.21. The highest BCUT2D eigenvalue weighted by molar-refractivity contribution is 7.20. The Morgan fingerprint density at radius 3 is 2.64 bits per heavy atom. The van der Waals surface area contributed by atoms with E-state index in [2.05, 4.69) is 10.3 Å². The fourth-order valence-corrected chi connectivity index (χ4v) is 4.69. The number of esters is 1. The van der Waals surface area contributed by atoms with Crippen LogP contribution in [0.2, 0.25) is 5.02 Å². The van der Waals surface area contributed by atoms with E-state index < -0.39 is 11.9 Å². The maximum absolute atomic E-state index is 13.2. The Balaban J connectivity index is 1.67. The van der Waals surface area contributed by atoms with Crippen molar-refractivity contribution in [3.05, 3.63) is 91.8 Å². The molecule has 0 aliphatic rings. The second-order valence-corrected chi connectivity index (χ2v) is 8.63. The lowest BCUT2D eigenvalue weighted by Crippen LogP contribution is -2.21. The SMILES string of the molecule is CCOC(=O)c1ccccc1NC(=O)c1sc2ncn(Cc3ccccc3Cl)c(=O)c2c1C. The molecular formula is C24H20ClN3O4S. The molecule has 1 N–H and O–H groups in total. The molecule has 0 aliphatic carbocycles. The number of aromatic nitrogens is 2. The molecule has 0 fully saturated rings. The number of ether oxygens (including phenoxy) is 1. The zero-order valence-electron chi connectivity index (χ0n) is 17.9. The lowest BCUT2D eigenvalue weighted by atomic mass is 10.1. The number of anilines is 1. The van der Waals surface area contributed by atoms with Crippen molar-refractivity contribution in [1.29, 1.82) is 0 Å². The van der Waals surface area contributed by atoms with Crippen LogP contribution in [0.15, 0.2) is 59.7 Å². The van der Waals surface area contributed by atoms with Crippen molar-refractivity contribution in [2.45, 2.75) is 20.4 Å². The first-order chi connectivity index (χ1) is 15.9. The molecule has 1 amide bonds. The van der Waals surface area contributed by atoms with Crippen LogP contribution in [0.3, 0.4) is 0 Å². The molecule has 0 saturated heterocycles.